The van der Waals surface area contributed by atoms with Crippen LogP contribution in [0.1, 0.15) is 12.8 Å². The van der Waals surface area contributed by atoms with Gasteiger partial charge in [0.05, 0.1) is 6.54 Å². The van der Waals surface area contributed by atoms with E-state index in [1.54, 1.807) is 6.08 Å². The minimum Gasteiger partial charge on any atom is -0.480 e. The largest absolute Gasteiger partial charge is 0.480 e. The Morgan fingerprint density at radius 1 is 1.42 bits per heavy atom. The summed E-state index contributed by atoms with van der Waals surface area (Å²) < 4.78 is 11.1. The monoisotopic (exact) mass is 361 g/mol. The Hall–Kier alpha value is -2.20. The van der Waals surface area contributed by atoms with E-state index in [2.05, 4.69) is 5.32 Å². The van der Waals surface area contributed by atoms with Gasteiger partial charge in [-0.05, 0) is 17.7 Å². The zero-order valence-corrected chi connectivity index (χ0v) is 13.9. The average Bonchev–Trinajstić information content (AvgIpc) is 2.49. The Morgan fingerprint density at radius 2 is 2.08 bits per heavy atom. The van der Waals surface area contributed by atoms with Crippen molar-refractivity contribution >= 4 is 28.7 Å². The van der Waals surface area contributed by atoms with Gasteiger partial charge in [-0.25, -0.2) is 14.4 Å². The molecule has 0 aromatic heterocycles. The first-order valence-corrected chi connectivity index (χ1v) is 8.93. The third-order valence-electron chi connectivity index (χ3n) is 3.46. The van der Waals surface area contributed by atoms with Gasteiger partial charge in [0.1, 0.15) is 11.7 Å². The Bertz CT molecular complexity index is 600. The van der Waals surface area contributed by atoms with Gasteiger partial charge >= 0.3 is 17.9 Å². The summed E-state index contributed by atoms with van der Waals surface area (Å²) in [6.07, 6.45) is 4.80. The highest BCUT2D eigenvalue weighted by Gasteiger charge is 2.26. The van der Waals surface area contributed by atoms with Gasteiger partial charge in [0.2, 0.25) is 0 Å². The van der Waals surface area contributed by atoms with E-state index in [0.29, 0.717) is 5.57 Å². The number of nitrogens with two attached hydrogens (primary N) is 1. The van der Waals surface area contributed by atoms with Crippen LogP contribution in [0.15, 0.2) is 23.4 Å². The summed E-state index contributed by atoms with van der Waals surface area (Å²) >= 11 is 0. The lowest BCUT2D eigenvalue weighted by Crippen LogP contribution is -2.91. The quantitative estimate of drug-likeness (QED) is 0.319. The number of carboxylic acid groups (broad SMARTS) is 3. The minimum absolute atomic E-state index is 0.108. The fourth-order valence-electron chi connectivity index (χ4n) is 2.19. The fourth-order valence-corrected chi connectivity index (χ4v) is 2.78. The lowest BCUT2D eigenvalue weighted by Gasteiger charge is -2.22. The molecule has 134 valence electrons. The number of carbonyl (C=O) groups is 3. The Morgan fingerprint density at radius 3 is 2.58 bits per heavy atom. The zero-order valence-electron chi connectivity index (χ0n) is 13.1. The minimum atomic E-state index is -1.26. The first kappa shape index (κ1) is 19.8. The van der Waals surface area contributed by atoms with E-state index in [-0.39, 0.29) is 30.8 Å². The van der Waals surface area contributed by atoms with E-state index in [0.717, 1.165) is 0 Å². The molecule has 9 nitrogen and oxygen atoms in total. The third-order valence-corrected chi connectivity index (χ3v) is 4.27. The molecule has 10 heteroatoms. The maximum absolute atomic E-state index is 11.1. The summed E-state index contributed by atoms with van der Waals surface area (Å²) in [6.45, 7) is 0.248. The number of aliphatic carboxylic acids is 3. The Labute approximate surface area is 140 Å². The lowest BCUT2D eigenvalue weighted by molar-refractivity contribution is -0.669. The molecule has 3 atom stereocenters. The van der Waals surface area contributed by atoms with Crippen molar-refractivity contribution in [1.82, 2.24) is 5.32 Å². The maximum Gasteiger partial charge on any atom is 0.362 e. The van der Waals surface area contributed by atoms with E-state index in [9.17, 15) is 18.6 Å². The normalized spacial score (nSPS) is 21.5. The van der Waals surface area contributed by atoms with Crippen molar-refractivity contribution in [3.05, 3.63) is 23.4 Å². The highest BCUT2D eigenvalue weighted by Crippen LogP contribution is 2.16. The molecule has 0 spiro atoms. The summed E-state index contributed by atoms with van der Waals surface area (Å²) in [5.74, 6) is -3.16. The number of hydrogen-bond acceptors (Lipinski definition) is 5. The van der Waals surface area contributed by atoms with Crippen LogP contribution in [0.5, 0.6) is 0 Å². The maximum atomic E-state index is 11.1. The number of allylic oxidation sites excluding steroid dienone is 1. The topological polar surface area (TPSA) is 158 Å². The van der Waals surface area contributed by atoms with Gasteiger partial charge in [-0.3, -0.25) is 4.21 Å². The van der Waals surface area contributed by atoms with Gasteiger partial charge in [0, 0.05) is 35.6 Å². The van der Waals surface area contributed by atoms with E-state index in [1.165, 1.54) is 17.6 Å². The first-order valence-electron chi connectivity index (χ1n) is 7.20. The van der Waals surface area contributed by atoms with E-state index >= 15 is 0 Å². The molecule has 6 N–H and O–H groups in total. The molecule has 0 saturated carbocycles. The van der Waals surface area contributed by atoms with Gasteiger partial charge in [-0.15, -0.1) is 0 Å². The van der Waals surface area contributed by atoms with Gasteiger partial charge in [0.25, 0.3) is 0 Å². The van der Waals surface area contributed by atoms with Crippen LogP contribution in [0.25, 0.3) is 0 Å². The van der Waals surface area contributed by atoms with Crippen molar-refractivity contribution < 1.29 is 39.2 Å². The highest BCUT2D eigenvalue weighted by molar-refractivity contribution is 7.84. The smallest absolute Gasteiger partial charge is 0.362 e. The lowest BCUT2D eigenvalue weighted by atomic mass is 10.00. The first-order chi connectivity index (χ1) is 11.2. The van der Waals surface area contributed by atoms with Crippen LogP contribution in [0.3, 0.4) is 0 Å². The van der Waals surface area contributed by atoms with E-state index in [1.807, 2.05) is 0 Å². The summed E-state index contributed by atoms with van der Waals surface area (Å²) in [7, 11) is -1.08. The molecule has 0 aromatic rings. The van der Waals surface area contributed by atoms with Crippen LogP contribution in [-0.4, -0.2) is 68.1 Å². The number of quaternary nitrogens is 1. The molecule has 24 heavy (non-hydrogen) atoms. The molecule has 1 rings (SSSR count). The number of hydrogen-bond donors (Lipinski definition) is 5. The van der Waals surface area contributed by atoms with Crippen LogP contribution < -0.4 is 10.6 Å². The van der Waals surface area contributed by atoms with Crippen molar-refractivity contribution in [3.8, 4) is 0 Å². The molecule has 0 fully saturated rings. The highest BCUT2D eigenvalue weighted by atomic mass is 32.2. The van der Waals surface area contributed by atoms with Crippen LogP contribution in [-0.2, 0) is 25.2 Å². The summed E-state index contributed by atoms with van der Waals surface area (Å²) in [6, 6.07) is -1.80. The van der Waals surface area contributed by atoms with Crippen molar-refractivity contribution in [1.29, 1.82) is 0 Å². The number of carboxylic acids is 3. The number of rotatable bonds is 9. The van der Waals surface area contributed by atoms with E-state index < -0.39 is 40.8 Å². The molecule has 3 unspecified atom stereocenters. The van der Waals surface area contributed by atoms with Gasteiger partial charge in [0.15, 0.2) is 6.04 Å². The zero-order chi connectivity index (χ0) is 18.3. The molecular formula is C14H21N2O7S+. The second-order valence-electron chi connectivity index (χ2n) is 5.36. The van der Waals surface area contributed by atoms with Crippen LogP contribution in [0.2, 0.25) is 0 Å². The van der Waals surface area contributed by atoms with Crippen LogP contribution in [0.4, 0.5) is 0 Å². The van der Waals surface area contributed by atoms with Crippen LogP contribution >= 0.6 is 0 Å². The van der Waals surface area contributed by atoms with Crippen molar-refractivity contribution in [2.24, 2.45) is 0 Å². The summed E-state index contributed by atoms with van der Waals surface area (Å²) in [5.41, 5.74) is 0.300. The van der Waals surface area contributed by atoms with Gasteiger partial charge < -0.3 is 26.0 Å². The predicted octanol–water partition coefficient (Wildman–Crippen LogP) is -1.89. The molecule has 1 aliphatic rings. The van der Waals surface area contributed by atoms with Crippen molar-refractivity contribution in [2.45, 2.75) is 24.9 Å². The predicted molar refractivity (Wildman–Crippen MR) is 84.7 cm³/mol. The van der Waals surface area contributed by atoms with Crippen LogP contribution in [0, 0.1) is 0 Å². The summed E-state index contributed by atoms with van der Waals surface area (Å²) in [5, 5.41) is 31.1. The van der Waals surface area contributed by atoms with Crippen molar-refractivity contribution in [3.63, 3.8) is 0 Å². The molecule has 0 amide bonds. The third kappa shape index (κ3) is 6.50. The Balaban J connectivity index is 2.74. The Kier molecular flexibility index (Phi) is 7.59. The molecule has 0 bridgehead atoms. The number of nitrogens with one attached hydrogen (secondary N) is 1. The molecular weight excluding hydrogens is 340 g/mol. The molecule has 0 radical (unpaired) electrons. The molecule has 0 saturated heterocycles. The SMILES string of the molecule is CS(=O)CCC([NH2+]CC=C1C=C(C(=O)O)NC(C(=O)O)C1)C(=O)O. The molecule has 0 aromatic carbocycles. The van der Waals surface area contributed by atoms with Gasteiger partial charge in [-0.2, -0.15) is 0 Å². The second-order valence-corrected chi connectivity index (χ2v) is 6.92. The second kappa shape index (κ2) is 9.18. The van der Waals surface area contributed by atoms with Crippen molar-refractivity contribution in [2.75, 3.05) is 18.6 Å². The molecule has 0 aliphatic carbocycles. The standard InChI is InChI=1S/C14H20N2O7S/c1-24(23)5-3-9(12(17)18)15-4-2-8-6-10(13(19)20)16-11(7-8)14(21)22/h2,6,9,11,15-16H,3-5,7H2,1H3,(H,17,18)(H,19,20)(H,21,22)/p+1. The van der Waals surface area contributed by atoms with E-state index in [4.69, 9.17) is 15.3 Å². The summed E-state index contributed by atoms with van der Waals surface area (Å²) in [4.78, 5) is 33.2. The average molecular weight is 361 g/mol. The van der Waals surface area contributed by atoms with Gasteiger partial charge in [-0.1, -0.05) is 0 Å². The fraction of sp³-hybridized carbons (Fsp3) is 0.500. The molecule has 1 aliphatic heterocycles. The molecule has 1 heterocycles.